The molecule has 0 unspecified atom stereocenters. The number of esters is 1. The van der Waals surface area contributed by atoms with Gasteiger partial charge in [-0.2, -0.15) is 5.10 Å². The maximum Gasteiger partial charge on any atom is 0.360 e. The molecular weight excluding hydrogens is 274 g/mol. The molecule has 1 saturated heterocycles. The first-order valence-electron chi connectivity index (χ1n) is 6.98. The zero-order valence-corrected chi connectivity index (χ0v) is 12.6. The molecule has 1 aromatic rings. The average Bonchev–Trinajstić information content (AvgIpc) is 2.82. The van der Waals surface area contributed by atoms with Crippen LogP contribution in [-0.4, -0.2) is 46.0 Å². The molecule has 7 nitrogen and oxygen atoms in total. The van der Waals surface area contributed by atoms with Gasteiger partial charge in [0.1, 0.15) is 5.60 Å². The van der Waals surface area contributed by atoms with E-state index < -0.39 is 11.6 Å². The second-order valence-electron chi connectivity index (χ2n) is 6.00. The maximum absolute atomic E-state index is 12.2. The molecule has 0 aliphatic carbocycles. The number of carbonyl (C=O) groups is 1. The summed E-state index contributed by atoms with van der Waals surface area (Å²) in [6.45, 7) is 6.73. The Morgan fingerprint density at radius 2 is 2.19 bits per heavy atom. The minimum absolute atomic E-state index is 0.161. The highest BCUT2D eigenvalue weighted by Gasteiger charge is 2.25. The summed E-state index contributed by atoms with van der Waals surface area (Å²) in [6, 6.07) is 0.181. The van der Waals surface area contributed by atoms with Crippen LogP contribution in [0.25, 0.3) is 0 Å². The van der Waals surface area contributed by atoms with Gasteiger partial charge < -0.3 is 14.7 Å². The van der Waals surface area contributed by atoms with E-state index in [1.807, 2.05) is 0 Å². The highest BCUT2D eigenvalue weighted by atomic mass is 16.6. The Balaban J connectivity index is 2.26. The summed E-state index contributed by atoms with van der Waals surface area (Å²) in [7, 11) is 0. The molecule has 0 spiro atoms. The third-order valence-electron chi connectivity index (χ3n) is 3.11. The van der Waals surface area contributed by atoms with E-state index in [1.165, 1.54) is 6.21 Å². The van der Waals surface area contributed by atoms with Crippen molar-refractivity contribution in [3.05, 3.63) is 17.5 Å². The molecule has 1 N–H and O–H groups in total. The summed E-state index contributed by atoms with van der Waals surface area (Å²) < 4.78 is 12.4. The molecule has 7 heteroatoms. The fourth-order valence-corrected chi connectivity index (χ4v) is 2.18. The molecular formula is C14H21N3O4. The van der Waals surface area contributed by atoms with Crippen molar-refractivity contribution in [1.29, 1.82) is 0 Å². The summed E-state index contributed by atoms with van der Waals surface area (Å²) in [4.78, 5) is 12.2. The third kappa shape index (κ3) is 4.04. The summed E-state index contributed by atoms with van der Waals surface area (Å²) >= 11 is 0. The van der Waals surface area contributed by atoms with Crippen LogP contribution in [-0.2, 0) is 9.47 Å². The molecule has 21 heavy (non-hydrogen) atoms. The first-order chi connectivity index (χ1) is 9.90. The number of oxime groups is 1. The van der Waals surface area contributed by atoms with Crippen molar-refractivity contribution in [1.82, 2.24) is 9.78 Å². The van der Waals surface area contributed by atoms with Gasteiger partial charge in [0.25, 0.3) is 0 Å². The Hall–Kier alpha value is -1.89. The SMILES string of the molecule is CC(C)(C)OC(=O)c1nn(C2CCOCC2)cc1/C=N/O. The Bertz CT molecular complexity index is 525. The number of nitrogens with zero attached hydrogens (tertiary/aromatic N) is 3. The first kappa shape index (κ1) is 15.5. The Morgan fingerprint density at radius 3 is 2.76 bits per heavy atom. The lowest BCUT2D eigenvalue weighted by atomic mass is 10.1. The average molecular weight is 295 g/mol. The highest BCUT2D eigenvalue weighted by molar-refractivity contribution is 5.97. The van der Waals surface area contributed by atoms with Crippen molar-refractivity contribution in [3.8, 4) is 0 Å². The highest BCUT2D eigenvalue weighted by Crippen LogP contribution is 2.22. The summed E-state index contributed by atoms with van der Waals surface area (Å²) in [5, 5.41) is 16.1. The van der Waals surface area contributed by atoms with Crippen LogP contribution in [0.5, 0.6) is 0 Å². The molecule has 0 bridgehead atoms. The van der Waals surface area contributed by atoms with Crippen LogP contribution < -0.4 is 0 Å². The zero-order chi connectivity index (χ0) is 15.5. The number of aromatic nitrogens is 2. The number of hydrogen-bond acceptors (Lipinski definition) is 6. The Morgan fingerprint density at radius 1 is 1.52 bits per heavy atom. The summed E-state index contributed by atoms with van der Waals surface area (Å²) in [5.41, 5.74) is 0.000130. The van der Waals surface area contributed by atoms with E-state index in [0.717, 1.165) is 12.8 Å². The Kier molecular flexibility index (Phi) is 4.62. The Labute approximate surface area is 123 Å². The summed E-state index contributed by atoms with van der Waals surface area (Å²) in [6.07, 6.45) is 4.58. The van der Waals surface area contributed by atoms with E-state index >= 15 is 0 Å². The molecule has 1 fully saturated rings. The van der Waals surface area contributed by atoms with Gasteiger partial charge in [-0.1, -0.05) is 5.16 Å². The maximum atomic E-state index is 12.2. The summed E-state index contributed by atoms with van der Waals surface area (Å²) in [5.74, 6) is -0.525. The minimum Gasteiger partial charge on any atom is -0.455 e. The number of carbonyl (C=O) groups excluding carboxylic acids is 1. The van der Waals surface area contributed by atoms with Crippen LogP contribution in [0.15, 0.2) is 11.4 Å². The number of hydrogen-bond donors (Lipinski definition) is 1. The van der Waals surface area contributed by atoms with Crippen LogP contribution in [0.3, 0.4) is 0 Å². The van der Waals surface area contributed by atoms with E-state index in [-0.39, 0.29) is 11.7 Å². The third-order valence-corrected chi connectivity index (χ3v) is 3.11. The largest absolute Gasteiger partial charge is 0.455 e. The van der Waals surface area contributed by atoms with Gasteiger partial charge in [-0.05, 0) is 33.6 Å². The monoisotopic (exact) mass is 295 g/mol. The molecule has 0 amide bonds. The quantitative estimate of drug-likeness (QED) is 0.399. The first-order valence-corrected chi connectivity index (χ1v) is 6.98. The van der Waals surface area contributed by atoms with Crippen molar-refractivity contribution in [2.24, 2.45) is 5.16 Å². The van der Waals surface area contributed by atoms with E-state index in [2.05, 4.69) is 10.3 Å². The zero-order valence-electron chi connectivity index (χ0n) is 12.6. The molecule has 1 aliphatic rings. The van der Waals surface area contributed by atoms with Gasteiger partial charge in [0.15, 0.2) is 5.69 Å². The number of rotatable bonds is 3. The van der Waals surface area contributed by atoms with E-state index in [0.29, 0.717) is 18.8 Å². The van der Waals surface area contributed by atoms with Gasteiger partial charge >= 0.3 is 5.97 Å². The van der Waals surface area contributed by atoms with Crippen molar-refractivity contribution in [2.45, 2.75) is 45.3 Å². The topological polar surface area (TPSA) is 85.9 Å². The van der Waals surface area contributed by atoms with Gasteiger partial charge in [0.2, 0.25) is 0 Å². The van der Waals surface area contributed by atoms with Crippen molar-refractivity contribution < 1.29 is 19.5 Å². The number of ether oxygens (including phenoxy) is 2. The fourth-order valence-electron chi connectivity index (χ4n) is 2.18. The van der Waals surface area contributed by atoms with Crippen LogP contribution >= 0.6 is 0 Å². The molecule has 2 heterocycles. The standard InChI is InChI=1S/C14H21N3O4/c1-14(2,3)21-13(18)12-10(8-15-19)9-17(16-12)11-4-6-20-7-5-11/h8-9,11,19H,4-7H2,1-3H3/b15-8+. The second-order valence-corrected chi connectivity index (χ2v) is 6.00. The smallest absolute Gasteiger partial charge is 0.360 e. The van der Waals surface area contributed by atoms with E-state index in [9.17, 15) is 4.79 Å². The minimum atomic E-state index is -0.604. The molecule has 1 aliphatic heterocycles. The molecule has 0 atom stereocenters. The van der Waals surface area contributed by atoms with Gasteiger partial charge in [0.05, 0.1) is 12.3 Å². The van der Waals surface area contributed by atoms with Crippen LogP contribution in [0.4, 0.5) is 0 Å². The van der Waals surface area contributed by atoms with E-state index in [1.54, 1.807) is 31.6 Å². The van der Waals surface area contributed by atoms with Gasteiger partial charge in [-0.3, -0.25) is 4.68 Å². The van der Waals surface area contributed by atoms with Crippen molar-refractivity contribution >= 4 is 12.2 Å². The molecule has 2 rings (SSSR count). The van der Waals surface area contributed by atoms with Crippen LogP contribution in [0, 0.1) is 0 Å². The molecule has 1 aromatic heterocycles. The predicted molar refractivity (Wildman–Crippen MR) is 75.9 cm³/mol. The van der Waals surface area contributed by atoms with Gasteiger partial charge in [0, 0.05) is 25.0 Å². The lowest BCUT2D eigenvalue weighted by Gasteiger charge is -2.22. The molecule has 116 valence electrons. The molecule has 0 radical (unpaired) electrons. The fraction of sp³-hybridized carbons (Fsp3) is 0.643. The van der Waals surface area contributed by atoms with Crippen LogP contribution in [0.2, 0.25) is 0 Å². The van der Waals surface area contributed by atoms with Crippen molar-refractivity contribution in [2.75, 3.05) is 13.2 Å². The van der Waals surface area contributed by atoms with Crippen molar-refractivity contribution in [3.63, 3.8) is 0 Å². The lowest BCUT2D eigenvalue weighted by molar-refractivity contribution is 0.00607. The van der Waals surface area contributed by atoms with Gasteiger partial charge in [-0.15, -0.1) is 0 Å². The second kappa shape index (κ2) is 6.26. The predicted octanol–water partition coefficient (Wildman–Crippen LogP) is 2.00. The van der Waals surface area contributed by atoms with Gasteiger partial charge in [-0.25, -0.2) is 4.79 Å². The normalized spacial score (nSPS) is 17.3. The van der Waals surface area contributed by atoms with E-state index in [4.69, 9.17) is 14.7 Å². The molecule has 0 saturated carbocycles. The van der Waals surface area contributed by atoms with Crippen LogP contribution in [0.1, 0.15) is 55.7 Å². The lowest BCUT2D eigenvalue weighted by Crippen LogP contribution is -2.25. The molecule has 0 aromatic carbocycles.